The number of nitrogens with one attached hydrogen (secondary N) is 2. The maximum atomic E-state index is 12.1. The summed E-state index contributed by atoms with van der Waals surface area (Å²) < 4.78 is 2.91. The number of amides is 2. The van der Waals surface area contributed by atoms with E-state index in [0.717, 1.165) is 32.7 Å². The Hall–Kier alpha value is -2.60. The minimum absolute atomic E-state index is 0.198. The quantitative estimate of drug-likeness (QED) is 0.657. The monoisotopic (exact) mass is 412 g/mol. The van der Waals surface area contributed by atoms with E-state index >= 15 is 0 Å². The Morgan fingerprint density at radius 1 is 1.04 bits per heavy atom. The summed E-state index contributed by atoms with van der Waals surface area (Å²) in [5.41, 5.74) is 5.03. The zero-order valence-corrected chi connectivity index (χ0v) is 16.4. The maximum absolute atomic E-state index is 12.1. The average molecular weight is 413 g/mol. The normalized spacial score (nSPS) is 10.6. The molecule has 0 aliphatic carbocycles. The van der Waals surface area contributed by atoms with Gasteiger partial charge in [-0.3, -0.25) is 0 Å². The lowest BCUT2D eigenvalue weighted by Crippen LogP contribution is -2.34. The van der Waals surface area contributed by atoms with Gasteiger partial charge in [0.2, 0.25) is 0 Å². The van der Waals surface area contributed by atoms with E-state index in [4.69, 9.17) is 0 Å². The summed E-state index contributed by atoms with van der Waals surface area (Å²) in [6, 6.07) is 17.6. The highest BCUT2D eigenvalue weighted by atomic mass is 79.9. The van der Waals surface area contributed by atoms with Gasteiger partial charge in [-0.15, -0.1) is 0 Å². The van der Waals surface area contributed by atoms with Crippen LogP contribution >= 0.6 is 15.9 Å². The Morgan fingerprint density at radius 2 is 1.77 bits per heavy atom. The van der Waals surface area contributed by atoms with Gasteiger partial charge in [-0.25, -0.2) is 9.48 Å². The van der Waals surface area contributed by atoms with Crippen LogP contribution in [-0.2, 0) is 13.1 Å². The highest BCUT2D eigenvalue weighted by Crippen LogP contribution is 2.17. The van der Waals surface area contributed by atoms with Crippen molar-refractivity contribution in [1.82, 2.24) is 20.4 Å². The smallest absolute Gasteiger partial charge is 0.315 e. The Morgan fingerprint density at radius 3 is 2.50 bits per heavy atom. The van der Waals surface area contributed by atoms with Crippen LogP contribution in [0.2, 0.25) is 0 Å². The molecule has 2 N–H and O–H groups in total. The predicted octanol–water partition coefficient (Wildman–Crippen LogP) is 4.25. The number of aromatic nitrogens is 2. The summed E-state index contributed by atoms with van der Waals surface area (Å²) in [6.07, 6.45) is 0. The van der Waals surface area contributed by atoms with Crippen molar-refractivity contribution in [3.8, 4) is 5.69 Å². The first-order valence-corrected chi connectivity index (χ1v) is 9.20. The molecule has 0 aliphatic heterocycles. The zero-order valence-electron chi connectivity index (χ0n) is 14.8. The summed E-state index contributed by atoms with van der Waals surface area (Å²) in [7, 11) is 0. The lowest BCUT2D eigenvalue weighted by atomic mass is 10.2. The molecule has 3 rings (SSSR count). The molecule has 0 unspecified atom stereocenters. The molecule has 26 heavy (non-hydrogen) atoms. The van der Waals surface area contributed by atoms with Gasteiger partial charge in [-0.2, -0.15) is 5.10 Å². The third-order valence-electron chi connectivity index (χ3n) is 4.21. The fourth-order valence-electron chi connectivity index (χ4n) is 2.81. The van der Waals surface area contributed by atoms with Crippen LogP contribution in [0, 0.1) is 13.8 Å². The third-order valence-corrected chi connectivity index (χ3v) is 4.70. The SMILES string of the molecule is Cc1nn(-c2ccccc2)c(C)c1CNC(=O)NCc1cccc(Br)c1. The van der Waals surface area contributed by atoms with Gasteiger partial charge < -0.3 is 10.6 Å². The van der Waals surface area contributed by atoms with Gasteiger partial charge in [0, 0.05) is 28.8 Å². The third kappa shape index (κ3) is 4.32. The van der Waals surface area contributed by atoms with E-state index in [1.54, 1.807) is 0 Å². The number of hydrogen-bond acceptors (Lipinski definition) is 2. The molecule has 3 aromatic rings. The number of aryl methyl sites for hydroxylation is 1. The van der Waals surface area contributed by atoms with Gasteiger partial charge in [-0.05, 0) is 43.7 Å². The van der Waals surface area contributed by atoms with E-state index in [2.05, 4.69) is 31.7 Å². The first-order chi connectivity index (χ1) is 12.5. The van der Waals surface area contributed by atoms with E-state index in [1.807, 2.05) is 73.1 Å². The summed E-state index contributed by atoms with van der Waals surface area (Å²) in [4.78, 5) is 12.1. The molecule has 1 aromatic heterocycles. The van der Waals surface area contributed by atoms with Crippen LogP contribution in [0.25, 0.3) is 5.69 Å². The number of nitrogens with zero attached hydrogens (tertiary/aromatic N) is 2. The molecule has 134 valence electrons. The molecule has 2 amide bonds. The van der Waals surface area contributed by atoms with Crippen LogP contribution in [-0.4, -0.2) is 15.8 Å². The molecule has 6 heteroatoms. The van der Waals surface area contributed by atoms with Crippen LogP contribution in [0.1, 0.15) is 22.5 Å². The van der Waals surface area contributed by atoms with Crippen molar-refractivity contribution in [2.24, 2.45) is 0 Å². The number of rotatable bonds is 5. The second-order valence-corrected chi connectivity index (χ2v) is 6.98. The lowest BCUT2D eigenvalue weighted by molar-refractivity contribution is 0.240. The van der Waals surface area contributed by atoms with Crippen molar-refractivity contribution in [1.29, 1.82) is 0 Å². The number of carbonyl (C=O) groups is 1. The van der Waals surface area contributed by atoms with Crippen molar-refractivity contribution < 1.29 is 4.79 Å². The molecule has 0 saturated carbocycles. The summed E-state index contributed by atoms with van der Waals surface area (Å²) >= 11 is 3.43. The van der Waals surface area contributed by atoms with Gasteiger partial charge in [-0.1, -0.05) is 46.3 Å². The zero-order chi connectivity index (χ0) is 18.5. The molecule has 0 bridgehead atoms. The molecular weight excluding hydrogens is 392 g/mol. The van der Waals surface area contributed by atoms with Crippen molar-refractivity contribution in [3.05, 3.63) is 81.6 Å². The van der Waals surface area contributed by atoms with E-state index in [9.17, 15) is 4.79 Å². The molecule has 0 atom stereocenters. The van der Waals surface area contributed by atoms with Crippen molar-refractivity contribution >= 4 is 22.0 Å². The number of halogens is 1. The number of para-hydroxylation sites is 1. The molecule has 5 nitrogen and oxygen atoms in total. The molecule has 2 aromatic carbocycles. The molecule has 0 spiro atoms. The Labute approximate surface area is 161 Å². The number of urea groups is 1. The second kappa shape index (κ2) is 8.19. The molecular formula is C20H21BrN4O. The van der Waals surface area contributed by atoms with Gasteiger partial charge in [0.15, 0.2) is 0 Å². The highest BCUT2D eigenvalue weighted by molar-refractivity contribution is 9.10. The van der Waals surface area contributed by atoms with Gasteiger partial charge >= 0.3 is 6.03 Å². The van der Waals surface area contributed by atoms with Crippen molar-refractivity contribution in [2.75, 3.05) is 0 Å². The van der Waals surface area contributed by atoms with E-state index in [1.165, 1.54) is 0 Å². The number of benzene rings is 2. The standard InChI is InChI=1S/C20H21BrN4O/c1-14-19(15(2)25(24-14)18-9-4-3-5-10-18)13-23-20(26)22-12-16-7-6-8-17(21)11-16/h3-11H,12-13H2,1-2H3,(H2,22,23,26). The Kier molecular flexibility index (Phi) is 5.73. The minimum atomic E-state index is -0.198. The number of carbonyl (C=O) groups excluding carboxylic acids is 1. The van der Waals surface area contributed by atoms with Crippen molar-refractivity contribution in [2.45, 2.75) is 26.9 Å². The lowest BCUT2D eigenvalue weighted by Gasteiger charge is -2.09. The largest absolute Gasteiger partial charge is 0.334 e. The average Bonchev–Trinajstić information content (AvgIpc) is 2.93. The van der Waals surface area contributed by atoms with Crippen LogP contribution < -0.4 is 10.6 Å². The topological polar surface area (TPSA) is 59.0 Å². The Balaban J connectivity index is 1.61. The van der Waals surface area contributed by atoms with Crippen molar-refractivity contribution in [3.63, 3.8) is 0 Å². The van der Waals surface area contributed by atoms with Gasteiger partial charge in [0.1, 0.15) is 0 Å². The second-order valence-electron chi connectivity index (χ2n) is 6.06. The van der Waals surface area contributed by atoms with Crippen LogP contribution in [0.5, 0.6) is 0 Å². The maximum Gasteiger partial charge on any atom is 0.315 e. The first-order valence-electron chi connectivity index (χ1n) is 8.41. The highest BCUT2D eigenvalue weighted by Gasteiger charge is 2.13. The fourth-order valence-corrected chi connectivity index (χ4v) is 3.26. The van der Waals surface area contributed by atoms with E-state index in [0.29, 0.717) is 13.1 Å². The van der Waals surface area contributed by atoms with Crippen LogP contribution in [0.3, 0.4) is 0 Å². The van der Waals surface area contributed by atoms with Crippen LogP contribution in [0.4, 0.5) is 4.79 Å². The van der Waals surface area contributed by atoms with E-state index in [-0.39, 0.29) is 6.03 Å². The minimum Gasteiger partial charge on any atom is -0.334 e. The Bertz CT molecular complexity index is 905. The summed E-state index contributed by atoms with van der Waals surface area (Å²) in [5, 5.41) is 10.4. The molecule has 0 saturated heterocycles. The summed E-state index contributed by atoms with van der Waals surface area (Å²) in [6.45, 7) is 4.90. The van der Waals surface area contributed by atoms with Gasteiger partial charge in [0.05, 0.1) is 11.4 Å². The molecule has 0 aliphatic rings. The number of hydrogen-bond donors (Lipinski definition) is 2. The molecule has 0 fully saturated rings. The molecule has 1 heterocycles. The fraction of sp³-hybridized carbons (Fsp3) is 0.200. The van der Waals surface area contributed by atoms with E-state index < -0.39 is 0 Å². The van der Waals surface area contributed by atoms with Crippen LogP contribution in [0.15, 0.2) is 59.1 Å². The first kappa shape index (κ1) is 18.2. The predicted molar refractivity (Wildman–Crippen MR) is 106 cm³/mol. The molecule has 0 radical (unpaired) electrons. The summed E-state index contributed by atoms with van der Waals surface area (Å²) in [5.74, 6) is 0. The van der Waals surface area contributed by atoms with Gasteiger partial charge in [0.25, 0.3) is 0 Å².